The largest absolute Gasteiger partial charge is 0.344 e. The van der Waals surface area contributed by atoms with Crippen LogP contribution in [0.15, 0.2) is 0 Å². The van der Waals surface area contributed by atoms with Gasteiger partial charge in [-0.3, -0.25) is 14.8 Å². The molecule has 1 aromatic rings. The molecule has 0 radical (unpaired) electrons. The van der Waals surface area contributed by atoms with Crippen LogP contribution in [-0.4, -0.2) is 71.2 Å². The van der Waals surface area contributed by atoms with Gasteiger partial charge in [-0.15, -0.1) is 6.42 Å². The highest BCUT2D eigenvalue weighted by atomic mass is 16.2. The number of amides is 3. The minimum absolute atomic E-state index is 0.0921. The summed E-state index contributed by atoms with van der Waals surface area (Å²) < 4.78 is 0. The molecule has 0 atom stereocenters. The van der Waals surface area contributed by atoms with Gasteiger partial charge in [0.1, 0.15) is 0 Å². The monoisotopic (exact) mass is 318 g/mol. The second-order valence-corrected chi connectivity index (χ2v) is 5.48. The van der Waals surface area contributed by atoms with Gasteiger partial charge in [0.15, 0.2) is 0 Å². The Bertz CT molecular complexity index is 590. The average Bonchev–Trinajstić information content (AvgIpc) is 2.85. The standard InChI is InChI=1S/C15H22N6O2/c1-4-5-16-13(22)10-20-6-8-21(9-7-20)15(23)17-14-11(2)18-19-12(14)3/h1H,5-10H2,2-3H3,(H,16,22)(H,17,23)(H,18,19). The Morgan fingerprint density at radius 1 is 1.30 bits per heavy atom. The van der Waals surface area contributed by atoms with Gasteiger partial charge in [0.2, 0.25) is 5.91 Å². The molecule has 0 aromatic carbocycles. The van der Waals surface area contributed by atoms with Gasteiger partial charge in [0.25, 0.3) is 0 Å². The van der Waals surface area contributed by atoms with Crippen LogP contribution in [-0.2, 0) is 4.79 Å². The van der Waals surface area contributed by atoms with E-state index in [1.807, 2.05) is 18.7 Å². The van der Waals surface area contributed by atoms with Gasteiger partial charge >= 0.3 is 6.03 Å². The Morgan fingerprint density at radius 3 is 2.57 bits per heavy atom. The number of nitrogens with zero attached hydrogens (tertiary/aromatic N) is 3. The topological polar surface area (TPSA) is 93.4 Å². The third-order valence-electron chi connectivity index (χ3n) is 3.77. The van der Waals surface area contributed by atoms with E-state index in [0.717, 1.165) is 17.1 Å². The Labute approximate surface area is 135 Å². The summed E-state index contributed by atoms with van der Waals surface area (Å²) in [4.78, 5) is 27.7. The van der Waals surface area contributed by atoms with Crippen LogP contribution in [0.2, 0.25) is 0 Å². The molecule has 23 heavy (non-hydrogen) atoms. The summed E-state index contributed by atoms with van der Waals surface area (Å²) >= 11 is 0. The van der Waals surface area contributed by atoms with Crippen LogP contribution < -0.4 is 10.6 Å². The number of aromatic amines is 1. The summed E-state index contributed by atoms with van der Waals surface area (Å²) in [5.41, 5.74) is 2.32. The number of urea groups is 1. The van der Waals surface area contributed by atoms with Crippen LogP contribution >= 0.6 is 0 Å². The molecule has 1 aromatic heterocycles. The van der Waals surface area contributed by atoms with Crippen LogP contribution in [0.4, 0.5) is 10.5 Å². The van der Waals surface area contributed by atoms with E-state index in [2.05, 4.69) is 26.8 Å². The Hall–Kier alpha value is -2.53. The van der Waals surface area contributed by atoms with E-state index in [-0.39, 0.29) is 18.5 Å². The van der Waals surface area contributed by atoms with E-state index in [1.54, 1.807) is 4.90 Å². The maximum absolute atomic E-state index is 12.3. The molecule has 0 unspecified atom stereocenters. The molecule has 3 amide bonds. The van der Waals surface area contributed by atoms with E-state index in [1.165, 1.54) is 0 Å². The number of hydrogen-bond donors (Lipinski definition) is 3. The summed E-state index contributed by atoms with van der Waals surface area (Å²) in [7, 11) is 0. The molecular weight excluding hydrogens is 296 g/mol. The number of aromatic nitrogens is 2. The van der Waals surface area contributed by atoms with Crippen molar-refractivity contribution in [2.75, 3.05) is 44.6 Å². The van der Waals surface area contributed by atoms with Gasteiger partial charge in [-0.1, -0.05) is 5.92 Å². The summed E-state index contributed by atoms with van der Waals surface area (Å²) in [5, 5.41) is 12.4. The van der Waals surface area contributed by atoms with E-state index in [9.17, 15) is 9.59 Å². The molecular formula is C15H22N6O2. The fraction of sp³-hybridized carbons (Fsp3) is 0.533. The number of carbonyl (C=O) groups is 2. The summed E-state index contributed by atoms with van der Waals surface area (Å²) in [6, 6.07) is -0.144. The molecule has 1 saturated heterocycles. The lowest BCUT2D eigenvalue weighted by atomic mass is 10.3. The quantitative estimate of drug-likeness (QED) is 0.677. The van der Waals surface area contributed by atoms with Crippen LogP contribution in [0.25, 0.3) is 0 Å². The van der Waals surface area contributed by atoms with Crippen molar-refractivity contribution in [3.05, 3.63) is 11.4 Å². The fourth-order valence-electron chi connectivity index (χ4n) is 2.44. The van der Waals surface area contributed by atoms with Crippen molar-refractivity contribution in [2.45, 2.75) is 13.8 Å². The first-order valence-electron chi connectivity index (χ1n) is 7.51. The lowest BCUT2D eigenvalue weighted by Crippen LogP contribution is -2.52. The molecule has 8 nitrogen and oxygen atoms in total. The number of terminal acetylenes is 1. The molecule has 124 valence electrons. The lowest BCUT2D eigenvalue weighted by Gasteiger charge is -2.34. The van der Waals surface area contributed by atoms with Crippen LogP contribution in [0.5, 0.6) is 0 Å². The van der Waals surface area contributed by atoms with E-state index in [0.29, 0.717) is 32.7 Å². The molecule has 2 heterocycles. The minimum atomic E-state index is -0.144. The maximum atomic E-state index is 12.3. The molecule has 0 bridgehead atoms. The zero-order chi connectivity index (χ0) is 16.8. The lowest BCUT2D eigenvalue weighted by molar-refractivity contribution is -0.122. The van der Waals surface area contributed by atoms with Crippen LogP contribution in [0.3, 0.4) is 0 Å². The number of aryl methyl sites for hydroxylation is 2. The molecule has 0 aliphatic carbocycles. The van der Waals surface area contributed by atoms with Gasteiger partial charge in [-0.2, -0.15) is 5.10 Å². The second-order valence-electron chi connectivity index (χ2n) is 5.48. The summed E-state index contributed by atoms with van der Waals surface area (Å²) in [6.45, 7) is 6.70. The smallest absolute Gasteiger partial charge is 0.322 e. The van der Waals surface area contributed by atoms with Crippen LogP contribution in [0, 0.1) is 26.2 Å². The van der Waals surface area contributed by atoms with Crippen molar-refractivity contribution < 1.29 is 9.59 Å². The number of rotatable bonds is 4. The number of carbonyl (C=O) groups excluding carboxylic acids is 2. The van der Waals surface area contributed by atoms with E-state index >= 15 is 0 Å². The SMILES string of the molecule is C#CCNC(=O)CN1CCN(C(=O)Nc2c(C)n[nH]c2C)CC1. The first kappa shape index (κ1) is 16.8. The molecule has 0 spiro atoms. The Morgan fingerprint density at radius 2 is 2.00 bits per heavy atom. The number of piperazine rings is 1. The zero-order valence-corrected chi connectivity index (χ0v) is 13.5. The number of nitrogens with one attached hydrogen (secondary N) is 3. The zero-order valence-electron chi connectivity index (χ0n) is 13.5. The minimum Gasteiger partial charge on any atom is -0.344 e. The van der Waals surface area contributed by atoms with E-state index < -0.39 is 0 Å². The average molecular weight is 318 g/mol. The molecule has 2 rings (SSSR count). The predicted octanol–water partition coefficient (Wildman–Crippen LogP) is -0.0746. The highest BCUT2D eigenvalue weighted by Gasteiger charge is 2.23. The predicted molar refractivity (Wildman–Crippen MR) is 86.9 cm³/mol. The van der Waals surface area contributed by atoms with Crippen molar-refractivity contribution in [1.82, 2.24) is 25.3 Å². The first-order valence-corrected chi connectivity index (χ1v) is 7.51. The van der Waals surface area contributed by atoms with Gasteiger partial charge in [-0.05, 0) is 13.8 Å². The van der Waals surface area contributed by atoms with Gasteiger partial charge in [0, 0.05) is 26.2 Å². The normalized spacial score (nSPS) is 15.1. The van der Waals surface area contributed by atoms with E-state index in [4.69, 9.17) is 6.42 Å². The molecule has 1 fully saturated rings. The Kier molecular flexibility index (Phi) is 5.60. The highest BCUT2D eigenvalue weighted by Crippen LogP contribution is 2.17. The summed E-state index contributed by atoms with van der Waals surface area (Å²) in [5.74, 6) is 2.28. The van der Waals surface area contributed by atoms with Crippen molar-refractivity contribution in [3.63, 3.8) is 0 Å². The molecule has 1 aliphatic rings. The second kappa shape index (κ2) is 7.65. The number of H-pyrrole nitrogens is 1. The molecule has 8 heteroatoms. The number of hydrogen-bond acceptors (Lipinski definition) is 4. The van der Waals surface area contributed by atoms with Crippen molar-refractivity contribution in [3.8, 4) is 12.3 Å². The molecule has 0 saturated carbocycles. The van der Waals surface area contributed by atoms with Crippen LogP contribution in [0.1, 0.15) is 11.4 Å². The molecule has 3 N–H and O–H groups in total. The van der Waals surface area contributed by atoms with Gasteiger partial charge in [0.05, 0.1) is 30.2 Å². The van der Waals surface area contributed by atoms with Crippen molar-refractivity contribution in [1.29, 1.82) is 0 Å². The van der Waals surface area contributed by atoms with Gasteiger partial charge < -0.3 is 15.5 Å². The number of anilines is 1. The molecule has 1 aliphatic heterocycles. The maximum Gasteiger partial charge on any atom is 0.322 e. The van der Waals surface area contributed by atoms with Crippen molar-refractivity contribution >= 4 is 17.6 Å². The van der Waals surface area contributed by atoms with Gasteiger partial charge in [-0.25, -0.2) is 4.79 Å². The fourth-order valence-corrected chi connectivity index (χ4v) is 2.44. The highest BCUT2D eigenvalue weighted by molar-refractivity contribution is 5.90. The van der Waals surface area contributed by atoms with Crippen molar-refractivity contribution in [2.24, 2.45) is 0 Å². The summed E-state index contributed by atoms with van der Waals surface area (Å²) in [6.07, 6.45) is 5.10. The first-order chi connectivity index (χ1) is 11.0. The third-order valence-corrected chi connectivity index (χ3v) is 3.77. The third kappa shape index (κ3) is 4.47. The Balaban J connectivity index is 1.79.